The van der Waals surface area contributed by atoms with Crippen LogP contribution in [0.4, 0.5) is 4.39 Å². The van der Waals surface area contributed by atoms with Crippen molar-refractivity contribution in [3.8, 4) is 0 Å². The fraction of sp³-hybridized carbons (Fsp3) is 0.462. The van der Waals surface area contributed by atoms with Crippen LogP contribution in [0.3, 0.4) is 0 Å². The molecular weight excluding hydrogens is 221 g/mol. The number of rotatable bonds is 5. The zero-order chi connectivity index (χ0) is 12.9. The molecular formula is C13H18FNO2. The Morgan fingerprint density at radius 3 is 2.65 bits per heavy atom. The van der Waals surface area contributed by atoms with E-state index in [2.05, 4.69) is 0 Å². The molecule has 3 nitrogen and oxygen atoms in total. The summed E-state index contributed by atoms with van der Waals surface area (Å²) in [6.07, 6.45) is 0.354. The maximum atomic E-state index is 13.8. The molecule has 0 bridgehead atoms. The fourth-order valence-corrected chi connectivity index (χ4v) is 1.83. The normalized spacial score (nSPS) is 14.1. The van der Waals surface area contributed by atoms with E-state index in [1.165, 1.54) is 6.07 Å². The van der Waals surface area contributed by atoms with E-state index < -0.39 is 17.2 Å². The molecule has 1 aromatic carbocycles. The Morgan fingerprint density at radius 1 is 1.47 bits per heavy atom. The molecule has 2 N–H and O–H groups in total. The van der Waals surface area contributed by atoms with E-state index in [9.17, 15) is 9.18 Å². The van der Waals surface area contributed by atoms with Crippen molar-refractivity contribution in [2.24, 2.45) is 5.73 Å². The van der Waals surface area contributed by atoms with E-state index >= 15 is 0 Å². The summed E-state index contributed by atoms with van der Waals surface area (Å²) in [7, 11) is 0. The third-order valence-electron chi connectivity index (χ3n) is 2.84. The van der Waals surface area contributed by atoms with Crippen molar-refractivity contribution in [3.63, 3.8) is 0 Å². The van der Waals surface area contributed by atoms with Crippen LogP contribution in [0.1, 0.15) is 25.8 Å². The molecule has 0 fully saturated rings. The maximum Gasteiger partial charge on any atom is 0.316 e. The average molecular weight is 239 g/mol. The van der Waals surface area contributed by atoms with Gasteiger partial charge in [0.25, 0.3) is 0 Å². The van der Waals surface area contributed by atoms with Gasteiger partial charge < -0.3 is 10.5 Å². The minimum Gasteiger partial charge on any atom is -0.465 e. The fourth-order valence-electron chi connectivity index (χ4n) is 1.83. The number of nitrogens with two attached hydrogens (primary N) is 1. The standard InChI is InChI=1S/C13H18FNO2/c1-3-17-12(16)13(2,8-9-15)10-6-4-5-7-11(10)14/h4-7H,3,8-9,15H2,1-2H3. The summed E-state index contributed by atoms with van der Waals surface area (Å²) in [5.41, 5.74) is 4.82. The summed E-state index contributed by atoms with van der Waals surface area (Å²) >= 11 is 0. The number of hydrogen-bond acceptors (Lipinski definition) is 3. The van der Waals surface area contributed by atoms with Gasteiger partial charge in [0, 0.05) is 5.56 Å². The minimum atomic E-state index is -1.02. The van der Waals surface area contributed by atoms with Crippen LogP contribution in [-0.2, 0) is 14.9 Å². The molecule has 1 unspecified atom stereocenters. The first-order chi connectivity index (χ1) is 8.06. The molecule has 1 aromatic rings. The second kappa shape index (κ2) is 5.77. The van der Waals surface area contributed by atoms with E-state index in [0.29, 0.717) is 18.5 Å². The highest BCUT2D eigenvalue weighted by atomic mass is 19.1. The molecule has 0 aliphatic heterocycles. The van der Waals surface area contributed by atoms with Gasteiger partial charge in [-0.3, -0.25) is 4.79 Å². The summed E-state index contributed by atoms with van der Waals surface area (Å²) < 4.78 is 18.8. The highest BCUT2D eigenvalue weighted by Crippen LogP contribution is 2.30. The highest BCUT2D eigenvalue weighted by molar-refractivity contribution is 5.82. The molecule has 94 valence electrons. The van der Waals surface area contributed by atoms with E-state index in [4.69, 9.17) is 10.5 Å². The van der Waals surface area contributed by atoms with Crippen LogP contribution in [0.15, 0.2) is 24.3 Å². The van der Waals surface area contributed by atoms with Gasteiger partial charge in [0.1, 0.15) is 5.82 Å². The second-order valence-electron chi connectivity index (χ2n) is 4.07. The molecule has 0 heterocycles. The highest BCUT2D eigenvalue weighted by Gasteiger charge is 2.37. The molecule has 17 heavy (non-hydrogen) atoms. The first-order valence-electron chi connectivity index (χ1n) is 5.68. The van der Waals surface area contributed by atoms with Gasteiger partial charge in [0.05, 0.1) is 12.0 Å². The van der Waals surface area contributed by atoms with Crippen LogP contribution in [0.25, 0.3) is 0 Å². The van der Waals surface area contributed by atoms with Crippen LogP contribution in [0.2, 0.25) is 0 Å². The van der Waals surface area contributed by atoms with E-state index in [1.807, 2.05) is 0 Å². The summed E-state index contributed by atoms with van der Waals surface area (Å²) in [4.78, 5) is 12.0. The molecule has 1 atom stereocenters. The summed E-state index contributed by atoms with van der Waals surface area (Å²) in [5.74, 6) is -0.841. The van der Waals surface area contributed by atoms with Crippen molar-refractivity contribution in [3.05, 3.63) is 35.6 Å². The van der Waals surface area contributed by atoms with Gasteiger partial charge in [-0.15, -0.1) is 0 Å². The van der Waals surface area contributed by atoms with Gasteiger partial charge in [-0.2, -0.15) is 0 Å². The van der Waals surface area contributed by atoms with Crippen molar-refractivity contribution in [1.29, 1.82) is 0 Å². The quantitative estimate of drug-likeness (QED) is 0.799. The number of esters is 1. The van der Waals surface area contributed by atoms with Crippen molar-refractivity contribution in [2.75, 3.05) is 13.2 Å². The van der Waals surface area contributed by atoms with Crippen LogP contribution >= 0.6 is 0 Å². The molecule has 0 spiro atoms. The Bertz CT molecular complexity index is 395. The van der Waals surface area contributed by atoms with Crippen LogP contribution in [-0.4, -0.2) is 19.1 Å². The molecule has 0 saturated heterocycles. The first-order valence-corrected chi connectivity index (χ1v) is 5.68. The number of carbonyl (C=O) groups is 1. The molecule has 4 heteroatoms. The van der Waals surface area contributed by atoms with Crippen LogP contribution in [0, 0.1) is 5.82 Å². The van der Waals surface area contributed by atoms with Gasteiger partial charge in [0.2, 0.25) is 0 Å². The van der Waals surface area contributed by atoms with Gasteiger partial charge in [-0.05, 0) is 32.9 Å². The Balaban J connectivity index is 3.15. The lowest BCUT2D eigenvalue weighted by molar-refractivity contribution is -0.149. The first kappa shape index (κ1) is 13.6. The summed E-state index contributed by atoms with van der Waals surface area (Å²) in [6.45, 7) is 3.95. The Kier molecular flexibility index (Phi) is 4.63. The van der Waals surface area contributed by atoms with Crippen molar-refractivity contribution in [1.82, 2.24) is 0 Å². The van der Waals surface area contributed by atoms with Gasteiger partial charge in [-0.1, -0.05) is 18.2 Å². The Labute approximate surface area is 101 Å². The Morgan fingerprint density at radius 2 is 2.12 bits per heavy atom. The van der Waals surface area contributed by atoms with E-state index in [1.54, 1.807) is 32.0 Å². The van der Waals surface area contributed by atoms with Gasteiger partial charge >= 0.3 is 5.97 Å². The molecule has 0 saturated carbocycles. The average Bonchev–Trinajstić information content (AvgIpc) is 2.30. The predicted octanol–water partition coefficient (Wildman–Crippen LogP) is 2.00. The van der Waals surface area contributed by atoms with Crippen LogP contribution in [0.5, 0.6) is 0 Å². The third-order valence-corrected chi connectivity index (χ3v) is 2.84. The van der Waals surface area contributed by atoms with Crippen molar-refractivity contribution >= 4 is 5.97 Å². The SMILES string of the molecule is CCOC(=O)C(C)(CCN)c1ccccc1F. The molecule has 0 aromatic heterocycles. The molecule has 0 aliphatic rings. The molecule has 0 amide bonds. The number of hydrogen-bond donors (Lipinski definition) is 1. The van der Waals surface area contributed by atoms with Crippen molar-refractivity contribution < 1.29 is 13.9 Å². The minimum absolute atomic E-state index is 0.271. The third kappa shape index (κ3) is 2.82. The second-order valence-corrected chi connectivity index (χ2v) is 4.07. The summed E-state index contributed by atoms with van der Waals surface area (Å²) in [6, 6.07) is 6.23. The number of benzene rings is 1. The largest absolute Gasteiger partial charge is 0.465 e. The monoisotopic (exact) mass is 239 g/mol. The zero-order valence-electron chi connectivity index (χ0n) is 10.2. The lowest BCUT2D eigenvalue weighted by atomic mass is 9.79. The smallest absolute Gasteiger partial charge is 0.316 e. The lowest BCUT2D eigenvalue weighted by Crippen LogP contribution is -2.37. The van der Waals surface area contributed by atoms with Crippen LogP contribution < -0.4 is 5.73 Å². The topological polar surface area (TPSA) is 52.3 Å². The number of ether oxygens (including phenoxy) is 1. The predicted molar refractivity (Wildman–Crippen MR) is 64.1 cm³/mol. The van der Waals surface area contributed by atoms with Gasteiger partial charge in [-0.25, -0.2) is 4.39 Å². The summed E-state index contributed by atoms with van der Waals surface area (Å²) in [5, 5.41) is 0. The molecule has 0 radical (unpaired) electrons. The number of carbonyl (C=O) groups excluding carboxylic acids is 1. The molecule has 1 rings (SSSR count). The lowest BCUT2D eigenvalue weighted by Gasteiger charge is -2.27. The number of halogens is 1. The van der Waals surface area contributed by atoms with E-state index in [0.717, 1.165) is 0 Å². The Hall–Kier alpha value is -1.42. The van der Waals surface area contributed by atoms with Gasteiger partial charge in [0.15, 0.2) is 0 Å². The zero-order valence-corrected chi connectivity index (χ0v) is 10.2. The van der Waals surface area contributed by atoms with E-state index in [-0.39, 0.29) is 6.61 Å². The van der Waals surface area contributed by atoms with Crippen molar-refractivity contribution in [2.45, 2.75) is 25.7 Å². The maximum absolute atomic E-state index is 13.8. The molecule has 0 aliphatic carbocycles.